The van der Waals surface area contributed by atoms with Crippen molar-refractivity contribution in [3.05, 3.63) is 52.1 Å². The molecule has 1 spiro atoms. The number of aromatic amines is 1. The maximum absolute atomic E-state index is 14.2. The van der Waals surface area contributed by atoms with E-state index in [2.05, 4.69) is 20.8 Å². The van der Waals surface area contributed by atoms with Gasteiger partial charge in [-0.1, -0.05) is 13.8 Å². The molecule has 3 aliphatic rings. The summed E-state index contributed by atoms with van der Waals surface area (Å²) >= 11 is 0. The lowest BCUT2D eigenvalue weighted by Crippen LogP contribution is -2.47. The highest BCUT2D eigenvalue weighted by Crippen LogP contribution is 2.57. The Morgan fingerprint density at radius 3 is 2.70 bits per heavy atom. The second kappa shape index (κ2) is 4.85. The number of hydrogen-bond acceptors (Lipinski definition) is 4. The van der Waals surface area contributed by atoms with Crippen molar-refractivity contribution in [3.8, 4) is 0 Å². The molecule has 0 saturated heterocycles. The zero-order valence-corrected chi connectivity index (χ0v) is 15.3. The Bertz CT molecular complexity index is 1080. The summed E-state index contributed by atoms with van der Waals surface area (Å²) in [6.07, 6.45) is 0.943. The summed E-state index contributed by atoms with van der Waals surface area (Å²) < 4.78 is 14.2. The average Bonchev–Trinajstić information content (AvgIpc) is 3.06. The number of benzene rings is 1. The Kier molecular flexibility index (Phi) is 2.92. The first-order chi connectivity index (χ1) is 12.7. The van der Waals surface area contributed by atoms with Gasteiger partial charge in [0.05, 0.1) is 0 Å². The zero-order chi connectivity index (χ0) is 19.1. The number of Topliss-reactive ketones (excluding diaryl/α,β-unsaturated/α-hetero) is 1. The standard InChI is InChI=1S/C20H19FN4O2/c1-9-15-17(25-24-9)22-13-7-19(2,3)8-14(26)16(13)20(15)11-6-10(21)4-5-12(11)23-18(20)27/h4-6H,7-8H2,1-3H3,(H,23,27)(H2,22,24,25). The monoisotopic (exact) mass is 366 g/mol. The van der Waals surface area contributed by atoms with Gasteiger partial charge >= 0.3 is 0 Å². The molecule has 0 fully saturated rings. The summed E-state index contributed by atoms with van der Waals surface area (Å²) in [7, 11) is 0. The van der Waals surface area contributed by atoms with E-state index in [1.54, 1.807) is 6.07 Å². The van der Waals surface area contributed by atoms with Crippen molar-refractivity contribution in [2.45, 2.75) is 39.0 Å². The van der Waals surface area contributed by atoms with Crippen LogP contribution in [0.2, 0.25) is 0 Å². The van der Waals surface area contributed by atoms with Crippen molar-refractivity contribution in [3.63, 3.8) is 0 Å². The van der Waals surface area contributed by atoms with Gasteiger partial charge in [-0.15, -0.1) is 0 Å². The highest BCUT2D eigenvalue weighted by atomic mass is 19.1. The lowest BCUT2D eigenvalue weighted by atomic mass is 9.61. The van der Waals surface area contributed by atoms with Gasteiger partial charge in [0.1, 0.15) is 11.2 Å². The molecule has 6 nitrogen and oxygen atoms in total. The maximum Gasteiger partial charge on any atom is 0.244 e. The van der Waals surface area contributed by atoms with Gasteiger partial charge in [0.2, 0.25) is 5.91 Å². The summed E-state index contributed by atoms with van der Waals surface area (Å²) in [5, 5.41) is 13.4. The first-order valence-corrected chi connectivity index (χ1v) is 8.95. The summed E-state index contributed by atoms with van der Waals surface area (Å²) in [4.78, 5) is 26.7. The molecule has 3 heterocycles. The molecular formula is C20H19FN4O2. The maximum atomic E-state index is 14.2. The van der Waals surface area contributed by atoms with Crippen LogP contribution in [-0.2, 0) is 15.0 Å². The van der Waals surface area contributed by atoms with Crippen LogP contribution in [0.3, 0.4) is 0 Å². The van der Waals surface area contributed by atoms with Gasteiger partial charge in [0.15, 0.2) is 11.6 Å². The molecule has 0 saturated carbocycles. The zero-order valence-electron chi connectivity index (χ0n) is 15.3. The van der Waals surface area contributed by atoms with E-state index in [9.17, 15) is 14.0 Å². The van der Waals surface area contributed by atoms with Gasteiger partial charge in [-0.3, -0.25) is 14.7 Å². The Hall–Kier alpha value is -2.96. The van der Waals surface area contributed by atoms with Crippen molar-refractivity contribution < 1.29 is 14.0 Å². The number of amides is 1. The number of aryl methyl sites for hydroxylation is 1. The minimum absolute atomic E-state index is 0.0905. The molecule has 2 aliphatic heterocycles. The predicted octanol–water partition coefficient (Wildman–Crippen LogP) is 3.16. The van der Waals surface area contributed by atoms with Crippen LogP contribution >= 0.6 is 0 Å². The number of ketones is 1. The molecule has 138 valence electrons. The highest BCUT2D eigenvalue weighted by Gasteiger charge is 2.60. The molecule has 1 amide bonds. The first-order valence-electron chi connectivity index (χ1n) is 8.95. The number of nitrogens with one attached hydrogen (secondary N) is 3. The molecule has 0 bridgehead atoms. The normalized spacial score (nSPS) is 25.0. The number of aromatic nitrogens is 2. The van der Waals surface area contributed by atoms with Crippen molar-refractivity contribution >= 4 is 23.2 Å². The second-order valence-corrected chi connectivity index (χ2v) is 8.39. The number of H-pyrrole nitrogens is 1. The number of carbonyl (C=O) groups excluding carboxylic acids is 2. The van der Waals surface area contributed by atoms with E-state index >= 15 is 0 Å². The van der Waals surface area contributed by atoms with Crippen LogP contribution in [0, 0.1) is 18.2 Å². The fourth-order valence-corrected chi connectivity index (χ4v) is 4.88. The molecule has 3 N–H and O–H groups in total. The molecule has 1 aromatic carbocycles. The van der Waals surface area contributed by atoms with E-state index in [0.29, 0.717) is 52.4 Å². The third-order valence-corrected chi connectivity index (χ3v) is 5.82. The van der Waals surface area contributed by atoms with E-state index < -0.39 is 11.2 Å². The van der Waals surface area contributed by atoms with E-state index in [4.69, 9.17) is 0 Å². The van der Waals surface area contributed by atoms with Gasteiger partial charge in [0.25, 0.3) is 0 Å². The quantitative estimate of drug-likeness (QED) is 0.668. The van der Waals surface area contributed by atoms with E-state index in [0.717, 1.165) is 0 Å². The van der Waals surface area contributed by atoms with Crippen LogP contribution in [0.15, 0.2) is 29.5 Å². The van der Waals surface area contributed by atoms with Crippen LogP contribution in [0.5, 0.6) is 0 Å². The topological polar surface area (TPSA) is 86.9 Å². The minimum atomic E-state index is -1.38. The number of allylic oxidation sites excluding steroid dienone is 1. The molecular weight excluding hydrogens is 347 g/mol. The largest absolute Gasteiger partial charge is 0.342 e. The van der Waals surface area contributed by atoms with Gasteiger partial charge in [-0.25, -0.2) is 4.39 Å². The molecule has 2 aromatic rings. The smallest absolute Gasteiger partial charge is 0.244 e. The second-order valence-electron chi connectivity index (χ2n) is 8.39. The Morgan fingerprint density at radius 2 is 1.93 bits per heavy atom. The molecule has 27 heavy (non-hydrogen) atoms. The molecule has 1 aliphatic carbocycles. The highest BCUT2D eigenvalue weighted by molar-refractivity contribution is 6.20. The van der Waals surface area contributed by atoms with Crippen molar-refractivity contribution in [2.24, 2.45) is 5.41 Å². The first kappa shape index (κ1) is 16.2. The molecule has 7 heteroatoms. The van der Waals surface area contributed by atoms with Crippen LogP contribution in [0.25, 0.3) is 0 Å². The Labute approximate surface area is 155 Å². The van der Waals surface area contributed by atoms with Crippen LogP contribution < -0.4 is 10.6 Å². The van der Waals surface area contributed by atoms with E-state index in [1.807, 2.05) is 20.8 Å². The number of halogens is 1. The van der Waals surface area contributed by atoms with Crippen molar-refractivity contribution in [1.82, 2.24) is 10.2 Å². The van der Waals surface area contributed by atoms with Crippen molar-refractivity contribution in [1.29, 1.82) is 0 Å². The van der Waals surface area contributed by atoms with Crippen LogP contribution in [-0.4, -0.2) is 21.9 Å². The summed E-state index contributed by atoms with van der Waals surface area (Å²) in [5.74, 6) is -0.358. The van der Waals surface area contributed by atoms with Gasteiger partial charge in [0, 0.05) is 40.2 Å². The third kappa shape index (κ3) is 1.91. The predicted molar refractivity (Wildman–Crippen MR) is 97.8 cm³/mol. The number of nitrogens with zero attached hydrogens (tertiary/aromatic N) is 1. The van der Waals surface area contributed by atoms with Gasteiger partial charge in [-0.2, -0.15) is 5.10 Å². The fourth-order valence-electron chi connectivity index (χ4n) is 4.88. The summed E-state index contributed by atoms with van der Waals surface area (Å²) in [5.41, 5.74) is 1.78. The summed E-state index contributed by atoms with van der Waals surface area (Å²) in [6, 6.07) is 4.21. The fraction of sp³-hybridized carbons (Fsp3) is 0.350. The average molecular weight is 366 g/mol. The van der Waals surface area contributed by atoms with Crippen LogP contribution in [0.1, 0.15) is 43.5 Å². The molecule has 1 aromatic heterocycles. The van der Waals surface area contributed by atoms with E-state index in [-0.39, 0.29) is 17.1 Å². The Morgan fingerprint density at radius 1 is 1.15 bits per heavy atom. The van der Waals surface area contributed by atoms with Gasteiger partial charge in [-0.05, 0) is 37.0 Å². The molecule has 0 radical (unpaired) electrons. The summed E-state index contributed by atoms with van der Waals surface area (Å²) in [6.45, 7) is 5.86. The number of fused-ring (bicyclic) bond motifs is 5. The number of rotatable bonds is 0. The third-order valence-electron chi connectivity index (χ3n) is 5.82. The Balaban J connectivity index is 1.91. The lowest BCUT2D eigenvalue weighted by molar-refractivity contribution is -0.123. The molecule has 1 unspecified atom stereocenters. The minimum Gasteiger partial charge on any atom is -0.342 e. The number of anilines is 2. The van der Waals surface area contributed by atoms with Crippen LogP contribution in [0.4, 0.5) is 15.9 Å². The number of carbonyl (C=O) groups is 2. The molecule has 5 rings (SSSR count). The van der Waals surface area contributed by atoms with E-state index in [1.165, 1.54) is 12.1 Å². The molecule has 1 atom stereocenters. The van der Waals surface area contributed by atoms with Gasteiger partial charge < -0.3 is 10.6 Å². The van der Waals surface area contributed by atoms with Crippen molar-refractivity contribution in [2.75, 3.05) is 10.6 Å². The number of hydrogen-bond donors (Lipinski definition) is 3. The lowest BCUT2D eigenvalue weighted by Gasteiger charge is -2.42. The SMILES string of the molecule is Cc1[nH]nc2c1C1(C(=O)Nc3ccc(F)cc31)C1=C(CC(C)(C)CC1=O)N2.